The van der Waals surface area contributed by atoms with E-state index in [0.29, 0.717) is 11.7 Å². The normalized spacial score (nSPS) is 15.9. The molecule has 0 radical (unpaired) electrons. The van der Waals surface area contributed by atoms with E-state index < -0.39 is 0 Å². The Bertz CT molecular complexity index is 920. The smallest absolute Gasteiger partial charge is 0.255 e. The number of ether oxygens (including phenoxy) is 1. The van der Waals surface area contributed by atoms with Gasteiger partial charge in [-0.1, -0.05) is 49.1 Å². The van der Waals surface area contributed by atoms with Crippen LogP contribution in [0.1, 0.15) is 19.8 Å². The molecule has 1 fully saturated rings. The number of nitrogens with one attached hydrogen (secondary N) is 1. The third-order valence-electron chi connectivity index (χ3n) is 5.23. The largest absolute Gasteiger partial charge is 0.490 e. The second kappa shape index (κ2) is 10.6. The predicted molar refractivity (Wildman–Crippen MR) is 125 cm³/mol. The number of carbonyl (C=O) groups is 1. The van der Waals surface area contributed by atoms with Crippen molar-refractivity contribution in [2.75, 3.05) is 25.5 Å². The molecule has 0 bridgehead atoms. The second-order valence-electron chi connectivity index (χ2n) is 7.53. The average molecular weight is 403 g/mol. The molecule has 1 saturated heterocycles. The molecule has 0 atom stereocenters. The number of piperidine rings is 1. The summed E-state index contributed by atoms with van der Waals surface area (Å²) in [6.45, 7) is 7.79. The van der Waals surface area contributed by atoms with Crippen molar-refractivity contribution in [3.05, 3.63) is 85.0 Å². The summed E-state index contributed by atoms with van der Waals surface area (Å²) in [5.74, 6) is 0.727. The van der Waals surface area contributed by atoms with Crippen molar-refractivity contribution in [1.82, 2.24) is 4.90 Å². The van der Waals surface area contributed by atoms with Gasteiger partial charge >= 0.3 is 0 Å². The van der Waals surface area contributed by atoms with Gasteiger partial charge in [0.15, 0.2) is 0 Å². The van der Waals surface area contributed by atoms with Crippen molar-refractivity contribution in [1.29, 1.82) is 0 Å². The summed E-state index contributed by atoms with van der Waals surface area (Å²) >= 11 is 0. The lowest BCUT2D eigenvalue weighted by Gasteiger charge is -2.29. The van der Waals surface area contributed by atoms with E-state index in [4.69, 9.17) is 4.74 Å². The molecule has 0 aliphatic carbocycles. The summed E-state index contributed by atoms with van der Waals surface area (Å²) in [5, 5.41) is 2.94. The molecule has 4 heteroatoms. The van der Waals surface area contributed by atoms with E-state index in [1.165, 1.54) is 0 Å². The highest BCUT2D eigenvalue weighted by Crippen LogP contribution is 2.26. The molecule has 1 N–H and O–H groups in total. The van der Waals surface area contributed by atoms with Gasteiger partial charge in [-0.05, 0) is 68.3 Å². The highest BCUT2D eigenvalue weighted by Gasteiger charge is 2.17. The van der Waals surface area contributed by atoms with Crippen LogP contribution in [-0.2, 0) is 4.79 Å². The van der Waals surface area contributed by atoms with Gasteiger partial charge < -0.3 is 15.0 Å². The van der Waals surface area contributed by atoms with Crippen LogP contribution in [0.5, 0.6) is 5.75 Å². The van der Waals surface area contributed by atoms with Crippen LogP contribution in [0, 0.1) is 0 Å². The summed E-state index contributed by atoms with van der Waals surface area (Å²) in [7, 11) is 2.15. The van der Waals surface area contributed by atoms with E-state index in [1.807, 2.05) is 55.5 Å². The van der Waals surface area contributed by atoms with Crippen LogP contribution in [0.3, 0.4) is 0 Å². The van der Waals surface area contributed by atoms with Gasteiger partial charge in [0.1, 0.15) is 11.9 Å². The van der Waals surface area contributed by atoms with E-state index in [2.05, 4.69) is 36.0 Å². The van der Waals surface area contributed by atoms with E-state index in [0.717, 1.165) is 48.5 Å². The SMILES string of the molecule is C=C/C(=C\C=C/C)C(=O)Nc1cccc(-c2ccc(OC3CCN(C)CC3)cc2)c1. The number of nitrogens with zero attached hydrogens (tertiary/aromatic N) is 1. The lowest BCUT2D eigenvalue weighted by molar-refractivity contribution is -0.112. The molecule has 0 saturated carbocycles. The number of hydrogen-bond donors (Lipinski definition) is 1. The van der Waals surface area contributed by atoms with Crippen LogP contribution in [0.25, 0.3) is 11.1 Å². The standard InChI is InChI=1S/C26H30N2O2/c1-4-6-8-20(5-2)26(29)27-23-10-7-9-22(19-23)21-11-13-24(14-12-21)30-25-15-17-28(3)18-16-25/h4-14,19,25H,2,15-18H2,1,3H3,(H,27,29)/b6-4-,20-8+. The average Bonchev–Trinajstić information content (AvgIpc) is 2.76. The van der Waals surface area contributed by atoms with Crippen molar-refractivity contribution >= 4 is 11.6 Å². The zero-order valence-corrected chi connectivity index (χ0v) is 17.8. The van der Waals surface area contributed by atoms with E-state index in [1.54, 1.807) is 12.2 Å². The van der Waals surface area contributed by atoms with E-state index in [-0.39, 0.29) is 5.91 Å². The molecule has 4 nitrogen and oxygen atoms in total. The van der Waals surface area contributed by atoms with Crippen molar-refractivity contribution in [2.24, 2.45) is 0 Å². The van der Waals surface area contributed by atoms with E-state index in [9.17, 15) is 4.79 Å². The Kier molecular flexibility index (Phi) is 7.63. The van der Waals surface area contributed by atoms with Crippen LogP contribution in [0.4, 0.5) is 5.69 Å². The van der Waals surface area contributed by atoms with Crippen molar-refractivity contribution in [3.8, 4) is 16.9 Å². The first kappa shape index (κ1) is 21.6. The molecule has 0 spiro atoms. The molecule has 0 unspecified atom stereocenters. The highest BCUT2D eigenvalue weighted by atomic mass is 16.5. The number of rotatable bonds is 7. The Morgan fingerprint density at radius 1 is 1.13 bits per heavy atom. The molecular weight excluding hydrogens is 372 g/mol. The first-order chi connectivity index (χ1) is 14.6. The fraction of sp³-hybridized carbons (Fsp3) is 0.269. The Labute approximate surface area is 179 Å². The van der Waals surface area contributed by atoms with Crippen LogP contribution >= 0.6 is 0 Å². The predicted octanol–water partition coefficient (Wildman–Crippen LogP) is 5.45. The third kappa shape index (κ3) is 5.94. The van der Waals surface area contributed by atoms with Crippen LogP contribution in [0.2, 0.25) is 0 Å². The zero-order valence-electron chi connectivity index (χ0n) is 17.8. The molecule has 30 heavy (non-hydrogen) atoms. The maximum Gasteiger partial charge on any atom is 0.255 e. The highest BCUT2D eigenvalue weighted by molar-refractivity contribution is 6.06. The quantitative estimate of drug-likeness (QED) is 0.494. The molecular formula is C26H30N2O2. The Morgan fingerprint density at radius 3 is 2.53 bits per heavy atom. The number of allylic oxidation sites excluding steroid dienone is 3. The molecule has 2 aromatic carbocycles. The summed E-state index contributed by atoms with van der Waals surface area (Å²) in [6, 6.07) is 16.0. The van der Waals surface area contributed by atoms with Crippen molar-refractivity contribution < 1.29 is 9.53 Å². The third-order valence-corrected chi connectivity index (χ3v) is 5.23. The fourth-order valence-corrected chi connectivity index (χ4v) is 3.44. The molecule has 1 heterocycles. The maximum atomic E-state index is 12.4. The van der Waals surface area contributed by atoms with Crippen molar-refractivity contribution in [2.45, 2.75) is 25.9 Å². The van der Waals surface area contributed by atoms with Crippen molar-refractivity contribution in [3.63, 3.8) is 0 Å². The summed E-state index contributed by atoms with van der Waals surface area (Å²) in [4.78, 5) is 14.8. The zero-order chi connectivity index (χ0) is 21.3. The number of likely N-dealkylation sites (tertiary alicyclic amines) is 1. The molecule has 0 aromatic heterocycles. The molecule has 1 aliphatic rings. The van der Waals surface area contributed by atoms with Gasteiger partial charge in [-0.2, -0.15) is 0 Å². The lowest BCUT2D eigenvalue weighted by Crippen LogP contribution is -2.35. The molecule has 3 rings (SSSR count). The van der Waals surface area contributed by atoms with Gasteiger partial charge in [0, 0.05) is 24.4 Å². The molecule has 1 amide bonds. The number of hydrogen-bond acceptors (Lipinski definition) is 3. The van der Waals surface area contributed by atoms with Gasteiger partial charge in [0.25, 0.3) is 5.91 Å². The van der Waals surface area contributed by atoms with Crippen LogP contribution < -0.4 is 10.1 Å². The summed E-state index contributed by atoms with van der Waals surface area (Å²) < 4.78 is 6.14. The first-order valence-corrected chi connectivity index (χ1v) is 10.4. The number of anilines is 1. The fourth-order valence-electron chi connectivity index (χ4n) is 3.44. The minimum absolute atomic E-state index is 0.179. The Morgan fingerprint density at radius 2 is 1.87 bits per heavy atom. The van der Waals surface area contributed by atoms with Gasteiger partial charge in [-0.15, -0.1) is 0 Å². The Balaban J connectivity index is 1.66. The van der Waals surface area contributed by atoms with Gasteiger partial charge in [-0.3, -0.25) is 4.79 Å². The number of carbonyl (C=O) groups excluding carboxylic acids is 1. The van der Waals surface area contributed by atoms with Gasteiger partial charge in [0.2, 0.25) is 0 Å². The summed E-state index contributed by atoms with van der Waals surface area (Å²) in [6.07, 6.45) is 9.42. The number of benzene rings is 2. The minimum atomic E-state index is -0.179. The Hall–Kier alpha value is -3.11. The maximum absolute atomic E-state index is 12.4. The van der Waals surface area contributed by atoms with Gasteiger partial charge in [-0.25, -0.2) is 0 Å². The number of amides is 1. The lowest BCUT2D eigenvalue weighted by atomic mass is 10.0. The first-order valence-electron chi connectivity index (χ1n) is 10.4. The summed E-state index contributed by atoms with van der Waals surface area (Å²) in [5.41, 5.74) is 3.39. The topological polar surface area (TPSA) is 41.6 Å². The van der Waals surface area contributed by atoms with Crippen LogP contribution in [0.15, 0.2) is 85.0 Å². The van der Waals surface area contributed by atoms with Crippen LogP contribution in [-0.4, -0.2) is 37.0 Å². The molecule has 1 aliphatic heterocycles. The molecule has 156 valence electrons. The van der Waals surface area contributed by atoms with E-state index >= 15 is 0 Å². The minimum Gasteiger partial charge on any atom is -0.490 e. The van der Waals surface area contributed by atoms with Gasteiger partial charge in [0.05, 0.1) is 0 Å². The monoisotopic (exact) mass is 402 g/mol. The second-order valence-corrected chi connectivity index (χ2v) is 7.53. The molecule has 2 aromatic rings.